The summed E-state index contributed by atoms with van der Waals surface area (Å²) >= 11 is 3.55. The summed E-state index contributed by atoms with van der Waals surface area (Å²) in [6.45, 7) is 0. The Balaban J connectivity index is 0.000000245. The van der Waals surface area contributed by atoms with E-state index in [9.17, 15) is 0 Å². The molecule has 0 heterocycles. The first-order chi connectivity index (χ1) is 6.86. The Morgan fingerprint density at radius 2 is 0.933 bits per heavy atom. The number of hydrogen-bond acceptors (Lipinski definition) is 2. The minimum absolute atomic E-state index is 0. The van der Waals surface area contributed by atoms with Crippen molar-refractivity contribution in [3.05, 3.63) is 48.5 Å². The van der Waals surface area contributed by atoms with Crippen LogP contribution in [-0.2, 0) is 19.5 Å². The Bertz CT molecular complexity index is 277. The van der Waals surface area contributed by atoms with E-state index in [0.717, 1.165) is 0 Å². The van der Waals surface area contributed by atoms with E-state index < -0.39 is 0 Å². The van der Waals surface area contributed by atoms with E-state index in [1.807, 2.05) is 24.3 Å². The number of rotatable bonds is 2. The van der Waals surface area contributed by atoms with Crippen LogP contribution in [0.2, 0.25) is 0 Å². The molecule has 0 aliphatic heterocycles. The van der Waals surface area contributed by atoms with Gasteiger partial charge in [0.1, 0.15) is 0 Å². The van der Waals surface area contributed by atoms with Gasteiger partial charge in [0.05, 0.1) is 0 Å². The second-order valence-electron chi connectivity index (χ2n) is 2.65. The molecule has 0 bridgehead atoms. The average Bonchev–Trinajstić information content (AvgIpc) is 2.92. The van der Waals surface area contributed by atoms with Crippen molar-refractivity contribution in [2.75, 3.05) is 12.5 Å². The van der Waals surface area contributed by atoms with E-state index in [-0.39, 0.29) is 19.5 Å². The van der Waals surface area contributed by atoms with Crippen LogP contribution in [0.3, 0.4) is 0 Å². The zero-order chi connectivity index (χ0) is 10.2. The predicted octanol–water partition coefficient (Wildman–Crippen LogP) is 4.25. The number of hydrogen-bond donors (Lipinski definition) is 0. The Labute approximate surface area is 113 Å². The Hall–Kier alpha value is 0.0234. The van der Waals surface area contributed by atoms with Gasteiger partial charge in [-0.1, -0.05) is 0 Å². The van der Waals surface area contributed by atoms with Gasteiger partial charge in [0.25, 0.3) is 0 Å². The molecule has 0 aromatic heterocycles. The van der Waals surface area contributed by atoms with Crippen molar-refractivity contribution >= 4 is 23.5 Å². The molecule has 82 valence electrons. The van der Waals surface area contributed by atoms with Crippen LogP contribution in [0.5, 0.6) is 0 Å². The standard InChI is InChI=1S/2C6H7S.Ru/c2*1-7-6-4-2-3-5-6;/h2*2-5H,1H3;/q2*-1;+2. The van der Waals surface area contributed by atoms with Crippen molar-refractivity contribution in [3.8, 4) is 0 Å². The molecule has 0 unspecified atom stereocenters. The molecule has 3 heteroatoms. The summed E-state index contributed by atoms with van der Waals surface area (Å²) in [5.74, 6) is 0. The molecule has 0 amide bonds. The van der Waals surface area contributed by atoms with E-state index in [1.165, 1.54) is 9.79 Å². The van der Waals surface area contributed by atoms with Crippen LogP contribution in [0.15, 0.2) is 58.3 Å². The fraction of sp³-hybridized carbons (Fsp3) is 0.167. The topological polar surface area (TPSA) is 0 Å². The molecule has 0 atom stereocenters. The zero-order valence-electron chi connectivity index (χ0n) is 8.79. The van der Waals surface area contributed by atoms with Crippen LogP contribution in [0.4, 0.5) is 0 Å². The van der Waals surface area contributed by atoms with Gasteiger partial charge in [0.2, 0.25) is 0 Å². The van der Waals surface area contributed by atoms with Crippen LogP contribution in [-0.4, -0.2) is 12.5 Å². The first kappa shape index (κ1) is 15.0. The first-order valence-electron chi connectivity index (χ1n) is 4.38. The molecule has 0 saturated heterocycles. The van der Waals surface area contributed by atoms with Gasteiger partial charge in [0, 0.05) is 0 Å². The monoisotopic (exact) mass is 324 g/mol. The minimum atomic E-state index is 0. The summed E-state index contributed by atoms with van der Waals surface area (Å²) in [6.07, 6.45) is 4.16. The zero-order valence-corrected chi connectivity index (χ0v) is 12.2. The summed E-state index contributed by atoms with van der Waals surface area (Å²) in [5.41, 5.74) is 0. The van der Waals surface area contributed by atoms with Crippen molar-refractivity contribution in [3.63, 3.8) is 0 Å². The minimum Gasteiger partial charge on any atom is -0.213 e. The summed E-state index contributed by atoms with van der Waals surface area (Å²) in [6, 6.07) is 16.6. The normalized spacial score (nSPS) is 8.67. The second-order valence-corrected chi connectivity index (χ2v) is 4.41. The molecule has 0 fully saturated rings. The van der Waals surface area contributed by atoms with Crippen molar-refractivity contribution in [1.82, 2.24) is 0 Å². The van der Waals surface area contributed by atoms with Crippen LogP contribution in [0.1, 0.15) is 0 Å². The molecule has 0 aliphatic carbocycles. The molecule has 0 spiro atoms. The summed E-state index contributed by atoms with van der Waals surface area (Å²) in [5, 5.41) is 0. The summed E-state index contributed by atoms with van der Waals surface area (Å²) in [7, 11) is 0. The first-order valence-corrected chi connectivity index (χ1v) is 6.83. The van der Waals surface area contributed by atoms with Gasteiger partial charge in [-0.05, 0) is 12.5 Å². The van der Waals surface area contributed by atoms with Crippen LogP contribution < -0.4 is 0 Å². The van der Waals surface area contributed by atoms with Gasteiger partial charge in [-0.2, -0.15) is 47.8 Å². The average molecular weight is 323 g/mol. The van der Waals surface area contributed by atoms with E-state index in [0.29, 0.717) is 0 Å². The third-order valence-electron chi connectivity index (χ3n) is 1.74. The fourth-order valence-corrected chi connectivity index (χ4v) is 1.84. The number of thioether (sulfide) groups is 2. The third kappa shape index (κ3) is 6.24. The molecule has 15 heavy (non-hydrogen) atoms. The smallest absolute Gasteiger partial charge is 0.213 e. The molecular formula is C12H14RuS2. The molecule has 0 saturated carbocycles. The van der Waals surface area contributed by atoms with Crippen LogP contribution >= 0.6 is 23.5 Å². The molecule has 0 radical (unpaired) electrons. The van der Waals surface area contributed by atoms with Crippen molar-refractivity contribution in [2.45, 2.75) is 9.79 Å². The Kier molecular flexibility index (Phi) is 9.28. The van der Waals surface area contributed by atoms with Gasteiger partial charge in [-0.15, -0.1) is 9.79 Å². The maximum absolute atomic E-state index is 2.10. The molecule has 2 aromatic rings. The second kappa shape index (κ2) is 9.26. The maximum Gasteiger partial charge on any atom is 2.00 e. The fourth-order valence-electron chi connectivity index (χ4n) is 0.985. The summed E-state index contributed by atoms with van der Waals surface area (Å²) in [4.78, 5) is 2.69. The van der Waals surface area contributed by atoms with E-state index in [1.54, 1.807) is 23.5 Å². The van der Waals surface area contributed by atoms with Crippen molar-refractivity contribution in [1.29, 1.82) is 0 Å². The van der Waals surface area contributed by atoms with Gasteiger partial charge in [-0.3, -0.25) is 0 Å². The molecular weight excluding hydrogens is 309 g/mol. The Morgan fingerprint density at radius 1 is 0.667 bits per heavy atom. The largest absolute Gasteiger partial charge is 2.00 e. The van der Waals surface area contributed by atoms with Gasteiger partial charge >= 0.3 is 19.5 Å². The SMILES string of the molecule is CS[c-]1cccc1.CS[c-]1cccc1.[Ru+2]. The van der Waals surface area contributed by atoms with E-state index >= 15 is 0 Å². The van der Waals surface area contributed by atoms with Gasteiger partial charge < -0.3 is 0 Å². The van der Waals surface area contributed by atoms with Gasteiger partial charge in [0.15, 0.2) is 0 Å². The summed E-state index contributed by atoms with van der Waals surface area (Å²) < 4.78 is 0. The predicted molar refractivity (Wildman–Crippen MR) is 67.6 cm³/mol. The molecule has 0 nitrogen and oxygen atoms in total. The molecule has 0 N–H and O–H groups in total. The van der Waals surface area contributed by atoms with Crippen LogP contribution in [0, 0.1) is 0 Å². The Morgan fingerprint density at radius 3 is 1.07 bits per heavy atom. The van der Waals surface area contributed by atoms with Crippen molar-refractivity contribution in [2.24, 2.45) is 0 Å². The molecule has 2 aromatic carbocycles. The quantitative estimate of drug-likeness (QED) is 0.460. The van der Waals surface area contributed by atoms with E-state index in [4.69, 9.17) is 0 Å². The molecule has 0 aliphatic rings. The molecule has 2 rings (SSSR count). The maximum atomic E-state index is 2.10. The van der Waals surface area contributed by atoms with Gasteiger partial charge in [-0.25, -0.2) is 24.3 Å². The van der Waals surface area contributed by atoms with Crippen LogP contribution in [0.25, 0.3) is 0 Å². The third-order valence-corrected chi connectivity index (χ3v) is 3.22. The van der Waals surface area contributed by atoms with Crippen molar-refractivity contribution < 1.29 is 19.5 Å². The van der Waals surface area contributed by atoms with E-state index in [2.05, 4.69) is 36.8 Å².